The van der Waals surface area contributed by atoms with Gasteiger partial charge < -0.3 is 9.73 Å². The van der Waals surface area contributed by atoms with Crippen LogP contribution in [0.1, 0.15) is 30.2 Å². The molecule has 0 aliphatic heterocycles. The lowest BCUT2D eigenvalue weighted by Crippen LogP contribution is -2.16. The second-order valence-corrected chi connectivity index (χ2v) is 3.44. The van der Waals surface area contributed by atoms with Gasteiger partial charge in [0.2, 0.25) is 0 Å². The van der Waals surface area contributed by atoms with E-state index in [4.69, 9.17) is 4.42 Å². The topological polar surface area (TPSA) is 42.2 Å². The minimum atomic E-state index is -0.171. The molecule has 0 spiro atoms. The molecule has 0 unspecified atom stereocenters. The maximum atomic E-state index is 11.1. The van der Waals surface area contributed by atoms with E-state index in [0.717, 1.165) is 12.2 Å². The van der Waals surface area contributed by atoms with Gasteiger partial charge in [-0.05, 0) is 18.1 Å². The molecular formula is C10H15NO2. The van der Waals surface area contributed by atoms with Crippen LogP contribution in [0.15, 0.2) is 16.5 Å². The molecule has 0 bridgehead atoms. The van der Waals surface area contributed by atoms with Crippen LogP contribution in [0.25, 0.3) is 0 Å². The third kappa shape index (κ3) is 2.61. The monoisotopic (exact) mass is 181 g/mol. The lowest BCUT2D eigenvalue weighted by atomic mass is 10.1. The Balaban J connectivity index is 2.69. The molecule has 72 valence electrons. The number of carbonyl (C=O) groups is 1. The van der Waals surface area contributed by atoms with Crippen molar-refractivity contribution in [1.82, 2.24) is 5.32 Å². The van der Waals surface area contributed by atoms with E-state index < -0.39 is 0 Å². The Kier molecular flexibility index (Phi) is 3.12. The minimum Gasteiger partial charge on any atom is -0.456 e. The van der Waals surface area contributed by atoms with E-state index >= 15 is 0 Å². The third-order valence-electron chi connectivity index (χ3n) is 1.72. The molecule has 13 heavy (non-hydrogen) atoms. The number of amides is 1. The van der Waals surface area contributed by atoms with Gasteiger partial charge in [-0.3, -0.25) is 4.79 Å². The summed E-state index contributed by atoms with van der Waals surface area (Å²) in [6.07, 6.45) is 0.872. The molecule has 3 heteroatoms. The zero-order valence-electron chi connectivity index (χ0n) is 8.26. The van der Waals surface area contributed by atoms with E-state index in [0.29, 0.717) is 11.7 Å². The van der Waals surface area contributed by atoms with Crippen molar-refractivity contribution in [3.05, 3.63) is 23.7 Å². The summed E-state index contributed by atoms with van der Waals surface area (Å²) in [7, 11) is 1.59. The maximum absolute atomic E-state index is 11.1. The maximum Gasteiger partial charge on any atom is 0.286 e. The fourth-order valence-corrected chi connectivity index (χ4v) is 1.14. The van der Waals surface area contributed by atoms with Gasteiger partial charge in [0, 0.05) is 13.5 Å². The molecule has 1 amide bonds. The van der Waals surface area contributed by atoms with Crippen LogP contribution >= 0.6 is 0 Å². The largest absolute Gasteiger partial charge is 0.456 e. The molecule has 1 aromatic heterocycles. The first-order valence-corrected chi connectivity index (χ1v) is 4.44. The quantitative estimate of drug-likeness (QED) is 0.773. The molecule has 0 aliphatic rings. The summed E-state index contributed by atoms with van der Waals surface area (Å²) in [6, 6.07) is 3.56. The molecule has 1 aromatic rings. The van der Waals surface area contributed by atoms with Crippen molar-refractivity contribution in [2.45, 2.75) is 20.3 Å². The average Bonchev–Trinajstić information content (AvgIpc) is 2.50. The first kappa shape index (κ1) is 9.84. The van der Waals surface area contributed by atoms with E-state index in [1.165, 1.54) is 0 Å². The van der Waals surface area contributed by atoms with Gasteiger partial charge in [-0.15, -0.1) is 0 Å². The fourth-order valence-electron chi connectivity index (χ4n) is 1.14. The molecule has 0 atom stereocenters. The zero-order valence-corrected chi connectivity index (χ0v) is 8.26. The highest BCUT2D eigenvalue weighted by Crippen LogP contribution is 2.12. The Bertz CT molecular complexity index is 289. The van der Waals surface area contributed by atoms with Gasteiger partial charge in [0.05, 0.1) is 0 Å². The van der Waals surface area contributed by atoms with Crippen LogP contribution in [0.2, 0.25) is 0 Å². The molecule has 0 radical (unpaired) electrons. The standard InChI is InChI=1S/C10H15NO2/c1-7(2)6-8-4-5-9(13-8)10(12)11-3/h4-5,7H,6H2,1-3H3,(H,11,12). The second-order valence-electron chi connectivity index (χ2n) is 3.44. The smallest absolute Gasteiger partial charge is 0.286 e. The number of hydrogen-bond donors (Lipinski definition) is 1. The number of rotatable bonds is 3. The van der Waals surface area contributed by atoms with Crippen LogP contribution < -0.4 is 5.32 Å². The Hall–Kier alpha value is -1.25. The Labute approximate surface area is 78.1 Å². The summed E-state index contributed by atoms with van der Waals surface area (Å²) in [5.41, 5.74) is 0. The lowest BCUT2D eigenvalue weighted by molar-refractivity contribution is 0.0933. The van der Waals surface area contributed by atoms with Crippen LogP contribution in [0.3, 0.4) is 0 Å². The second kappa shape index (κ2) is 4.12. The normalized spacial score (nSPS) is 10.5. The molecule has 1 rings (SSSR count). The van der Waals surface area contributed by atoms with Crippen molar-refractivity contribution in [3.63, 3.8) is 0 Å². The number of furan rings is 1. The van der Waals surface area contributed by atoms with Crippen LogP contribution in [0, 0.1) is 5.92 Å². The van der Waals surface area contributed by atoms with Crippen molar-refractivity contribution in [2.75, 3.05) is 7.05 Å². The number of hydrogen-bond acceptors (Lipinski definition) is 2. The van der Waals surface area contributed by atoms with E-state index in [1.807, 2.05) is 6.07 Å². The number of carbonyl (C=O) groups excluding carboxylic acids is 1. The molecule has 0 saturated heterocycles. The molecule has 0 aromatic carbocycles. The average molecular weight is 181 g/mol. The summed E-state index contributed by atoms with van der Waals surface area (Å²) in [4.78, 5) is 11.1. The summed E-state index contributed by atoms with van der Waals surface area (Å²) in [5, 5.41) is 2.52. The Morgan fingerprint density at radius 3 is 2.77 bits per heavy atom. The molecular weight excluding hydrogens is 166 g/mol. The van der Waals surface area contributed by atoms with E-state index in [-0.39, 0.29) is 5.91 Å². The van der Waals surface area contributed by atoms with Crippen molar-refractivity contribution in [3.8, 4) is 0 Å². The van der Waals surface area contributed by atoms with Crippen LogP contribution in [0.4, 0.5) is 0 Å². The zero-order chi connectivity index (χ0) is 9.84. The Morgan fingerprint density at radius 2 is 2.23 bits per heavy atom. The molecule has 1 N–H and O–H groups in total. The van der Waals surface area contributed by atoms with Gasteiger partial charge in [0.25, 0.3) is 5.91 Å². The lowest BCUT2D eigenvalue weighted by Gasteiger charge is -1.99. The van der Waals surface area contributed by atoms with Gasteiger partial charge in [-0.2, -0.15) is 0 Å². The highest BCUT2D eigenvalue weighted by Gasteiger charge is 2.09. The van der Waals surface area contributed by atoms with Gasteiger partial charge in [-0.25, -0.2) is 0 Å². The van der Waals surface area contributed by atoms with E-state index in [1.54, 1.807) is 13.1 Å². The summed E-state index contributed by atoms with van der Waals surface area (Å²) >= 11 is 0. The highest BCUT2D eigenvalue weighted by atomic mass is 16.3. The highest BCUT2D eigenvalue weighted by molar-refractivity contribution is 5.91. The summed E-state index contributed by atoms with van der Waals surface area (Å²) < 4.78 is 5.34. The Morgan fingerprint density at radius 1 is 1.54 bits per heavy atom. The van der Waals surface area contributed by atoms with Gasteiger partial charge >= 0.3 is 0 Å². The van der Waals surface area contributed by atoms with E-state index in [9.17, 15) is 4.79 Å². The first-order chi connectivity index (χ1) is 6.13. The minimum absolute atomic E-state index is 0.171. The van der Waals surface area contributed by atoms with Crippen molar-refractivity contribution >= 4 is 5.91 Å². The molecule has 3 nitrogen and oxygen atoms in total. The first-order valence-electron chi connectivity index (χ1n) is 4.44. The van der Waals surface area contributed by atoms with Gasteiger partial charge in [-0.1, -0.05) is 13.8 Å². The van der Waals surface area contributed by atoms with Crippen molar-refractivity contribution in [1.29, 1.82) is 0 Å². The summed E-state index contributed by atoms with van der Waals surface area (Å²) in [6.45, 7) is 4.23. The third-order valence-corrected chi connectivity index (χ3v) is 1.72. The molecule has 0 aliphatic carbocycles. The predicted octanol–water partition coefficient (Wildman–Crippen LogP) is 1.84. The fraction of sp³-hybridized carbons (Fsp3) is 0.500. The molecule has 0 fully saturated rings. The van der Waals surface area contributed by atoms with Crippen LogP contribution in [0.5, 0.6) is 0 Å². The van der Waals surface area contributed by atoms with E-state index in [2.05, 4.69) is 19.2 Å². The number of nitrogens with one attached hydrogen (secondary N) is 1. The summed E-state index contributed by atoms with van der Waals surface area (Å²) in [5.74, 6) is 1.63. The SMILES string of the molecule is CNC(=O)c1ccc(CC(C)C)o1. The van der Waals surface area contributed by atoms with Crippen molar-refractivity contribution in [2.24, 2.45) is 5.92 Å². The van der Waals surface area contributed by atoms with Crippen LogP contribution in [-0.2, 0) is 6.42 Å². The van der Waals surface area contributed by atoms with Gasteiger partial charge in [0.1, 0.15) is 5.76 Å². The molecule has 1 heterocycles. The predicted molar refractivity (Wildman–Crippen MR) is 50.6 cm³/mol. The van der Waals surface area contributed by atoms with Crippen molar-refractivity contribution < 1.29 is 9.21 Å². The van der Waals surface area contributed by atoms with Crippen LogP contribution in [-0.4, -0.2) is 13.0 Å². The molecule has 0 saturated carbocycles. The van der Waals surface area contributed by atoms with Gasteiger partial charge in [0.15, 0.2) is 5.76 Å².